The summed E-state index contributed by atoms with van der Waals surface area (Å²) in [6.07, 6.45) is 0. The van der Waals surface area contributed by atoms with Crippen LogP contribution in [0.15, 0.2) is 48.5 Å². The van der Waals surface area contributed by atoms with Crippen LogP contribution in [0.2, 0.25) is 0 Å². The van der Waals surface area contributed by atoms with Crippen LogP contribution in [0.1, 0.15) is 0 Å². The summed E-state index contributed by atoms with van der Waals surface area (Å²) in [5.41, 5.74) is 0. The van der Waals surface area contributed by atoms with Crippen LogP contribution in [0, 0.1) is 0 Å². The Labute approximate surface area is 101 Å². The zero-order valence-electron chi connectivity index (χ0n) is 8.99. The number of aromatic hydroxyl groups is 4. The fourth-order valence-corrected chi connectivity index (χ4v) is 0.928. The highest BCUT2D eigenvalue weighted by molar-refractivity contribution is 5.75. The van der Waals surface area contributed by atoms with Gasteiger partial charge in [0.25, 0.3) is 0 Å². The van der Waals surface area contributed by atoms with Gasteiger partial charge in [0.15, 0.2) is 23.0 Å². The molecule has 0 aliphatic rings. The van der Waals surface area contributed by atoms with Crippen LogP contribution in [-0.4, -0.2) is 28.8 Å². The molecule has 2 aromatic carbocycles. The molecule has 87 valence electrons. The van der Waals surface area contributed by atoms with Crippen molar-refractivity contribution in [1.29, 1.82) is 0 Å². The first kappa shape index (κ1) is 14.7. The molecule has 0 atom stereocenters. The minimum atomic E-state index is -0.0764. The van der Waals surface area contributed by atoms with Gasteiger partial charge in [-0.1, -0.05) is 24.3 Å². The average molecular weight is 231 g/mol. The Kier molecular flexibility index (Phi) is 6.10. The maximum absolute atomic E-state index is 8.67. The summed E-state index contributed by atoms with van der Waals surface area (Å²) in [7, 11) is 0. The lowest BCUT2D eigenvalue weighted by molar-refractivity contribution is 0.404. The molecule has 0 heterocycles. The molecule has 0 aliphatic heterocycles. The lowest BCUT2D eigenvalue weighted by Gasteiger charge is -1.91. The van der Waals surface area contributed by atoms with Gasteiger partial charge in [-0.15, -0.1) is 0 Å². The van der Waals surface area contributed by atoms with Gasteiger partial charge in [-0.3, -0.25) is 0 Å². The standard InChI is InChI=1S/2C6H6O2.B/c2*7-5-3-1-2-4-6(5)8;/h2*1-4,7-8H;. The maximum atomic E-state index is 8.67. The molecule has 0 aliphatic carbocycles. The van der Waals surface area contributed by atoms with Gasteiger partial charge in [-0.05, 0) is 24.3 Å². The van der Waals surface area contributed by atoms with Crippen molar-refractivity contribution >= 4 is 8.41 Å². The summed E-state index contributed by atoms with van der Waals surface area (Å²) in [5, 5.41) is 34.7. The monoisotopic (exact) mass is 231 g/mol. The van der Waals surface area contributed by atoms with E-state index in [9.17, 15) is 0 Å². The summed E-state index contributed by atoms with van der Waals surface area (Å²) >= 11 is 0. The molecule has 0 saturated carbocycles. The molecule has 0 spiro atoms. The van der Waals surface area contributed by atoms with E-state index in [-0.39, 0.29) is 31.4 Å². The van der Waals surface area contributed by atoms with Gasteiger partial charge >= 0.3 is 0 Å². The molecule has 4 N–H and O–H groups in total. The minimum Gasteiger partial charge on any atom is -0.504 e. The topological polar surface area (TPSA) is 80.9 Å². The fraction of sp³-hybridized carbons (Fsp3) is 0. The van der Waals surface area contributed by atoms with E-state index in [1.165, 1.54) is 24.3 Å². The summed E-state index contributed by atoms with van der Waals surface area (Å²) in [6.45, 7) is 0. The highest BCUT2D eigenvalue weighted by Crippen LogP contribution is 2.21. The summed E-state index contributed by atoms with van der Waals surface area (Å²) in [4.78, 5) is 0. The van der Waals surface area contributed by atoms with E-state index < -0.39 is 0 Å². The Morgan fingerprint density at radius 3 is 0.765 bits per heavy atom. The van der Waals surface area contributed by atoms with Crippen LogP contribution in [-0.2, 0) is 0 Å². The van der Waals surface area contributed by atoms with E-state index >= 15 is 0 Å². The van der Waals surface area contributed by atoms with Crippen molar-refractivity contribution in [2.45, 2.75) is 0 Å². The van der Waals surface area contributed by atoms with E-state index in [0.717, 1.165) is 0 Å². The molecule has 2 aromatic rings. The van der Waals surface area contributed by atoms with E-state index in [0.29, 0.717) is 0 Å². The second-order valence-corrected chi connectivity index (χ2v) is 2.98. The summed E-state index contributed by atoms with van der Waals surface area (Å²) in [6, 6.07) is 12.3. The Bertz CT molecular complexity index is 374. The van der Waals surface area contributed by atoms with Crippen molar-refractivity contribution in [2.75, 3.05) is 0 Å². The maximum Gasteiger partial charge on any atom is 0.157 e. The van der Waals surface area contributed by atoms with Crippen LogP contribution in [0.25, 0.3) is 0 Å². The van der Waals surface area contributed by atoms with Gasteiger partial charge < -0.3 is 20.4 Å². The first-order valence-electron chi connectivity index (χ1n) is 4.55. The molecule has 3 radical (unpaired) electrons. The van der Waals surface area contributed by atoms with Gasteiger partial charge in [0, 0.05) is 8.41 Å². The number of phenols is 4. The molecule has 0 amide bonds. The smallest absolute Gasteiger partial charge is 0.157 e. The highest BCUT2D eigenvalue weighted by Gasteiger charge is 1.90. The third-order valence-corrected chi connectivity index (χ3v) is 1.76. The first-order valence-corrected chi connectivity index (χ1v) is 4.55. The number of rotatable bonds is 0. The van der Waals surface area contributed by atoms with Crippen LogP contribution >= 0.6 is 0 Å². The van der Waals surface area contributed by atoms with Crippen molar-refractivity contribution in [2.24, 2.45) is 0 Å². The molecule has 2 rings (SSSR count). The van der Waals surface area contributed by atoms with Crippen molar-refractivity contribution in [3.8, 4) is 23.0 Å². The van der Waals surface area contributed by atoms with Gasteiger partial charge in [-0.25, -0.2) is 0 Å². The lowest BCUT2D eigenvalue weighted by atomic mass is 10.3. The predicted octanol–water partition coefficient (Wildman–Crippen LogP) is 1.81. The van der Waals surface area contributed by atoms with Gasteiger partial charge in [0.05, 0.1) is 0 Å². The second-order valence-electron chi connectivity index (χ2n) is 2.98. The van der Waals surface area contributed by atoms with Crippen LogP contribution < -0.4 is 0 Å². The van der Waals surface area contributed by atoms with Gasteiger partial charge in [0.1, 0.15) is 0 Å². The second kappa shape index (κ2) is 7.06. The number of hydrogen-bond acceptors (Lipinski definition) is 4. The molecule has 5 heteroatoms. The van der Waals surface area contributed by atoms with Crippen LogP contribution in [0.5, 0.6) is 23.0 Å². The SMILES string of the molecule is Oc1ccccc1O.Oc1ccccc1O.[B]. The van der Waals surface area contributed by atoms with Crippen molar-refractivity contribution in [1.82, 2.24) is 0 Å². The zero-order chi connectivity index (χ0) is 12.0. The Hall–Kier alpha value is -2.30. The Balaban J connectivity index is 0.000000284. The zero-order valence-corrected chi connectivity index (χ0v) is 8.99. The van der Waals surface area contributed by atoms with Gasteiger partial charge in [-0.2, -0.15) is 0 Å². The third-order valence-electron chi connectivity index (χ3n) is 1.76. The normalized spacial score (nSPS) is 8.47. The van der Waals surface area contributed by atoms with E-state index in [2.05, 4.69) is 0 Å². The first-order chi connectivity index (χ1) is 7.61. The summed E-state index contributed by atoms with van der Waals surface area (Å²) < 4.78 is 0. The van der Waals surface area contributed by atoms with E-state index in [1.54, 1.807) is 24.3 Å². The largest absolute Gasteiger partial charge is 0.504 e. The Morgan fingerprint density at radius 1 is 0.471 bits per heavy atom. The molecule has 17 heavy (non-hydrogen) atoms. The van der Waals surface area contributed by atoms with Crippen molar-refractivity contribution in [3.63, 3.8) is 0 Å². The average Bonchev–Trinajstić information content (AvgIpc) is 2.28. The number of benzene rings is 2. The molecule has 0 bridgehead atoms. The predicted molar refractivity (Wildman–Crippen MR) is 65.3 cm³/mol. The lowest BCUT2D eigenvalue weighted by Crippen LogP contribution is -1.63. The van der Waals surface area contributed by atoms with Crippen LogP contribution in [0.3, 0.4) is 0 Å². The van der Waals surface area contributed by atoms with E-state index in [4.69, 9.17) is 20.4 Å². The van der Waals surface area contributed by atoms with Crippen molar-refractivity contribution in [3.05, 3.63) is 48.5 Å². The van der Waals surface area contributed by atoms with Crippen LogP contribution in [0.4, 0.5) is 0 Å². The number of hydrogen-bond donors (Lipinski definition) is 4. The molecule has 0 aromatic heterocycles. The molecule has 0 fully saturated rings. The Morgan fingerprint density at radius 2 is 0.647 bits per heavy atom. The molecule has 0 unspecified atom stereocenters. The summed E-state index contributed by atoms with van der Waals surface area (Å²) in [5.74, 6) is -0.306. The quantitative estimate of drug-likeness (QED) is 0.411. The number of para-hydroxylation sites is 4. The molecular weight excluding hydrogens is 219 g/mol. The molecule has 4 nitrogen and oxygen atoms in total. The minimum absolute atomic E-state index is 0. The number of phenolic OH excluding ortho intramolecular Hbond substituents is 4. The molecule has 0 saturated heterocycles. The molecular formula is C12H12BO4. The third kappa shape index (κ3) is 4.84. The fourth-order valence-electron chi connectivity index (χ4n) is 0.928. The highest BCUT2D eigenvalue weighted by atomic mass is 16.3. The van der Waals surface area contributed by atoms with E-state index in [1.807, 2.05) is 0 Å². The van der Waals surface area contributed by atoms with Gasteiger partial charge in [0.2, 0.25) is 0 Å². The van der Waals surface area contributed by atoms with Crippen molar-refractivity contribution < 1.29 is 20.4 Å².